The van der Waals surface area contributed by atoms with Gasteiger partial charge in [0, 0.05) is 31.4 Å². The predicted octanol–water partition coefficient (Wildman–Crippen LogP) is 4.47. The van der Waals surface area contributed by atoms with Crippen molar-refractivity contribution in [2.45, 2.75) is 26.7 Å². The number of hydrogen-bond donors (Lipinski definition) is 2. The molecule has 2 N–H and O–H groups in total. The maximum Gasteiger partial charge on any atom is 0.319 e. The second-order valence-electron chi connectivity index (χ2n) is 7.83. The molecule has 1 unspecified atom stereocenters. The molecule has 0 spiro atoms. The number of benzene rings is 2. The Morgan fingerprint density at radius 2 is 1.87 bits per heavy atom. The molecule has 2 aromatic carbocycles. The monoisotopic (exact) mass is 421 g/mol. The van der Waals surface area contributed by atoms with Crippen molar-refractivity contribution in [3.8, 4) is 5.75 Å². The third kappa shape index (κ3) is 7.17. The summed E-state index contributed by atoms with van der Waals surface area (Å²) in [6.45, 7) is 6.53. The zero-order valence-electron chi connectivity index (χ0n) is 18.3. The Bertz CT molecular complexity index is 891. The summed E-state index contributed by atoms with van der Waals surface area (Å²) in [6, 6.07) is 15.1. The molecule has 1 aliphatic heterocycles. The van der Waals surface area contributed by atoms with Crippen molar-refractivity contribution in [3.63, 3.8) is 0 Å². The minimum atomic E-state index is -0.220. The maximum absolute atomic E-state index is 12.6. The molecule has 1 heterocycles. The number of carbonyl (C=O) groups excluding carboxylic acids is 2. The first-order valence-electron chi connectivity index (χ1n) is 10.8. The smallest absolute Gasteiger partial charge is 0.319 e. The number of ether oxygens (including phenoxy) is 1. The lowest BCUT2D eigenvalue weighted by Crippen LogP contribution is -2.43. The minimum absolute atomic E-state index is 0.00249. The van der Waals surface area contributed by atoms with Gasteiger partial charge in [-0.25, -0.2) is 4.79 Å². The molecule has 164 valence electrons. The van der Waals surface area contributed by atoms with E-state index in [9.17, 15) is 9.59 Å². The number of piperidine rings is 1. The van der Waals surface area contributed by atoms with E-state index in [-0.39, 0.29) is 17.9 Å². The van der Waals surface area contributed by atoms with Crippen LogP contribution in [0.25, 0.3) is 6.08 Å². The van der Waals surface area contributed by atoms with Crippen LogP contribution < -0.4 is 15.4 Å². The van der Waals surface area contributed by atoms with Crippen molar-refractivity contribution in [2.24, 2.45) is 5.92 Å². The number of nitrogens with zero attached hydrogens (tertiary/aromatic N) is 1. The lowest BCUT2D eigenvalue weighted by molar-refractivity contribution is -0.127. The normalized spacial score (nSPS) is 16.2. The molecule has 0 bridgehead atoms. The second kappa shape index (κ2) is 11.2. The van der Waals surface area contributed by atoms with Gasteiger partial charge < -0.3 is 20.3 Å². The highest BCUT2D eigenvalue weighted by atomic mass is 16.5. The van der Waals surface area contributed by atoms with Crippen LogP contribution in [0.4, 0.5) is 10.5 Å². The van der Waals surface area contributed by atoms with Gasteiger partial charge in [0.2, 0.25) is 5.91 Å². The molecule has 3 amide bonds. The van der Waals surface area contributed by atoms with E-state index in [1.165, 1.54) is 0 Å². The van der Waals surface area contributed by atoms with E-state index in [1.54, 1.807) is 6.08 Å². The fraction of sp³-hybridized carbons (Fsp3) is 0.360. The summed E-state index contributed by atoms with van der Waals surface area (Å²) in [5, 5.41) is 5.77. The highest BCUT2D eigenvalue weighted by Crippen LogP contribution is 2.17. The van der Waals surface area contributed by atoms with Crippen LogP contribution in [0.2, 0.25) is 0 Å². The third-order valence-corrected chi connectivity index (χ3v) is 5.30. The summed E-state index contributed by atoms with van der Waals surface area (Å²) in [4.78, 5) is 26.6. The molecule has 3 rings (SSSR count). The van der Waals surface area contributed by atoms with Gasteiger partial charge in [-0.05, 0) is 68.5 Å². The molecule has 31 heavy (non-hydrogen) atoms. The average Bonchev–Trinajstić information content (AvgIpc) is 2.79. The summed E-state index contributed by atoms with van der Waals surface area (Å²) in [5.74, 6) is 1.08. The Kier molecular flexibility index (Phi) is 8.10. The molecule has 1 fully saturated rings. The summed E-state index contributed by atoms with van der Waals surface area (Å²) in [5.41, 5.74) is 2.87. The highest BCUT2D eigenvalue weighted by Gasteiger charge is 2.22. The predicted molar refractivity (Wildman–Crippen MR) is 124 cm³/mol. The lowest BCUT2D eigenvalue weighted by Gasteiger charge is -2.32. The van der Waals surface area contributed by atoms with Gasteiger partial charge in [0.15, 0.2) is 0 Å². The first-order valence-corrected chi connectivity index (χ1v) is 10.8. The first-order chi connectivity index (χ1) is 15.0. The molecule has 1 saturated heterocycles. The van der Waals surface area contributed by atoms with E-state index in [1.807, 2.05) is 73.4 Å². The number of anilines is 1. The molecule has 0 aromatic heterocycles. The lowest BCUT2D eigenvalue weighted by atomic mass is 9.98. The standard InChI is InChI=1S/C25H31N3O3/c1-3-31-23-13-8-20(9-14-23)10-15-24(29)28-16-4-5-21(18-28)17-26-25(30)27-22-11-6-19(2)7-12-22/h6-15,21H,3-5,16-18H2,1-2H3,(H2,26,27,30)/b15-10+. The van der Waals surface area contributed by atoms with Gasteiger partial charge in [0.05, 0.1) is 6.61 Å². The quantitative estimate of drug-likeness (QED) is 0.648. The summed E-state index contributed by atoms with van der Waals surface area (Å²) >= 11 is 0. The van der Waals surface area contributed by atoms with Crippen LogP contribution in [0.3, 0.4) is 0 Å². The molecule has 2 aromatic rings. The fourth-order valence-corrected chi connectivity index (χ4v) is 3.60. The molecule has 1 aliphatic rings. The Morgan fingerprint density at radius 1 is 1.13 bits per heavy atom. The van der Waals surface area contributed by atoms with Crippen LogP contribution >= 0.6 is 0 Å². The van der Waals surface area contributed by atoms with Gasteiger partial charge in [0.25, 0.3) is 0 Å². The van der Waals surface area contributed by atoms with E-state index in [4.69, 9.17) is 4.74 Å². The Morgan fingerprint density at radius 3 is 2.58 bits per heavy atom. The van der Waals surface area contributed by atoms with Crippen LogP contribution in [0.1, 0.15) is 30.9 Å². The number of carbonyl (C=O) groups is 2. The number of rotatable bonds is 7. The van der Waals surface area contributed by atoms with Crippen molar-refractivity contribution >= 4 is 23.7 Å². The molecule has 6 heteroatoms. The molecule has 6 nitrogen and oxygen atoms in total. The zero-order chi connectivity index (χ0) is 22.1. The van der Waals surface area contributed by atoms with Gasteiger partial charge in [-0.15, -0.1) is 0 Å². The van der Waals surface area contributed by atoms with Crippen molar-refractivity contribution in [3.05, 3.63) is 65.7 Å². The van der Waals surface area contributed by atoms with Crippen LogP contribution in [0.15, 0.2) is 54.6 Å². The Labute approximate surface area is 184 Å². The molecular formula is C25H31N3O3. The summed E-state index contributed by atoms with van der Waals surface area (Å²) in [6.07, 6.45) is 5.39. The van der Waals surface area contributed by atoms with E-state index in [0.29, 0.717) is 19.7 Å². The summed E-state index contributed by atoms with van der Waals surface area (Å²) in [7, 11) is 0. The molecule has 0 aliphatic carbocycles. The summed E-state index contributed by atoms with van der Waals surface area (Å²) < 4.78 is 5.44. The first kappa shape index (κ1) is 22.4. The van der Waals surface area contributed by atoms with Crippen LogP contribution in [0.5, 0.6) is 5.75 Å². The number of likely N-dealkylation sites (tertiary alicyclic amines) is 1. The third-order valence-electron chi connectivity index (χ3n) is 5.30. The number of nitrogens with one attached hydrogen (secondary N) is 2. The van der Waals surface area contributed by atoms with Crippen LogP contribution in [-0.2, 0) is 4.79 Å². The minimum Gasteiger partial charge on any atom is -0.494 e. The largest absolute Gasteiger partial charge is 0.494 e. The van der Waals surface area contributed by atoms with Gasteiger partial charge in [-0.1, -0.05) is 29.8 Å². The molecular weight excluding hydrogens is 390 g/mol. The van der Waals surface area contributed by atoms with Crippen molar-refractivity contribution < 1.29 is 14.3 Å². The number of hydrogen-bond acceptors (Lipinski definition) is 3. The van der Waals surface area contributed by atoms with Gasteiger partial charge >= 0.3 is 6.03 Å². The fourth-order valence-electron chi connectivity index (χ4n) is 3.60. The number of amides is 3. The Balaban J connectivity index is 1.45. The SMILES string of the molecule is CCOc1ccc(/C=C/C(=O)N2CCCC(CNC(=O)Nc3ccc(C)cc3)C2)cc1. The van der Waals surface area contributed by atoms with Crippen LogP contribution in [0, 0.1) is 12.8 Å². The average molecular weight is 422 g/mol. The maximum atomic E-state index is 12.6. The van der Waals surface area contributed by atoms with Crippen molar-refractivity contribution in [2.75, 3.05) is 31.6 Å². The molecule has 0 radical (unpaired) electrons. The van der Waals surface area contributed by atoms with Crippen molar-refractivity contribution in [1.82, 2.24) is 10.2 Å². The topological polar surface area (TPSA) is 70.7 Å². The van der Waals surface area contributed by atoms with Gasteiger partial charge in [-0.3, -0.25) is 4.79 Å². The Hall–Kier alpha value is -3.28. The highest BCUT2D eigenvalue weighted by molar-refractivity contribution is 5.92. The number of aryl methyl sites for hydroxylation is 1. The zero-order valence-corrected chi connectivity index (χ0v) is 18.3. The van der Waals surface area contributed by atoms with E-state index in [0.717, 1.165) is 42.0 Å². The van der Waals surface area contributed by atoms with Gasteiger partial charge in [-0.2, -0.15) is 0 Å². The van der Waals surface area contributed by atoms with Gasteiger partial charge in [0.1, 0.15) is 5.75 Å². The van der Waals surface area contributed by atoms with E-state index in [2.05, 4.69) is 10.6 Å². The van der Waals surface area contributed by atoms with E-state index < -0.39 is 0 Å². The van der Waals surface area contributed by atoms with E-state index >= 15 is 0 Å². The van der Waals surface area contributed by atoms with Crippen molar-refractivity contribution in [1.29, 1.82) is 0 Å². The second-order valence-corrected chi connectivity index (χ2v) is 7.83. The van der Waals surface area contributed by atoms with Crippen LogP contribution in [-0.4, -0.2) is 43.1 Å². The molecule has 0 saturated carbocycles. The molecule has 1 atom stereocenters. The number of urea groups is 1.